The topological polar surface area (TPSA) is 137 Å². The molecule has 2 aliphatic carbocycles. The average Bonchev–Trinajstić information content (AvgIpc) is 3.03. The Labute approximate surface area is 259 Å². The molecule has 0 N–H and O–H groups in total. The van der Waals surface area contributed by atoms with E-state index in [4.69, 9.17) is 14.2 Å². The number of amides is 1. The number of carbonyl (C=O) groups is 6. The fourth-order valence-corrected chi connectivity index (χ4v) is 7.32. The van der Waals surface area contributed by atoms with Crippen molar-refractivity contribution in [3.05, 3.63) is 86.9 Å². The van der Waals surface area contributed by atoms with E-state index < -0.39 is 60.0 Å². The second-order valence-electron chi connectivity index (χ2n) is 11.7. The molecule has 1 fully saturated rings. The number of Topliss-reactive ketones (excluding diaryl/α,β-unsaturated/α-hetero) is 4. The van der Waals surface area contributed by atoms with Gasteiger partial charge in [0.15, 0.2) is 23.1 Å². The first-order chi connectivity index (χ1) is 21.5. The number of allylic oxidation sites excluding steroid dienone is 4. The van der Waals surface area contributed by atoms with E-state index in [9.17, 15) is 28.8 Å². The monoisotopic (exact) mass is 612 g/mol. The molecule has 0 saturated carbocycles. The van der Waals surface area contributed by atoms with E-state index in [1.54, 1.807) is 18.0 Å². The molecule has 11 nitrogen and oxygen atoms in total. The van der Waals surface area contributed by atoms with Gasteiger partial charge in [-0.1, -0.05) is 30.3 Å². The van der Waals surface area contributed by atoms with E-state index >= 15 is 0 Å². The van der Waals surface area contributed by atoms with Gasteiger partial charge in [-0.3, -0.25) is 28.9 Å². The minimum absolute atomic E-state index is 0.0171. The summed E-state index contributed by atoms with van der Waals surface area (Å²) in [6.45, 7) is 2.60. The van der Waals surface area contributed by atoms with Crippen molar-refractivity contribution in [2.24, 2.45) is 0 Å². The van der Waals surface area contributed by atoms with Crippen LogP contribution < -0.4 is 0 Å². The quantitative estimate of drug-likeness (QED) is 0.267. The lowest BCUT2D eigenvalue weighted by molar-refractivity contribution is -0.158. The van der Waals surface area contributed by atoms with Gasteiger partial charge in [-0.05, 0) is 39.0 Å². The van der Waals surface area contributed by atoms with Gasteiger partial charge in [0.25, 0.3) is 0 Å². The molecule has 11 heteroatoms. The third-order valence-corrected chi connectivity index (χ3v) is 9.43. The summed E-state index contributed by atoms with van der Waals surface area (Å²) >= 11 is 0. The molecule has 2 bridgehead atoms. The molecule has 0 spiro atoms. The molecule has 45 heavy (non-hydrogen) atoms. The van der Waals surface area contributed by atoms with Crippen LogP contribution in [0.3, 0.4) is 0 Å². The van der Waals surface area contributed by atoms with Gasteiger partial charge in [0, 0.05) is 45.9 Å². The number of hydrogen-bond acceptors (Lipinski definition) is 10. The van der Waals surface area contributed by atoms with E-state index in [2.05, 4.69) is 0 Å². The van der Waals surface area contributed by atoms with Gasteiger partial charge in [0.1, 0.15) is 6.61 Å². The molecular formula is C34H32N2O9. The molecule has 4 atom stereocenters. The fraction of sp³-hybridized carbons (Fsp3) is 0.353. The average molecular weight is 613 g/mol. The lowest BCUT2D eigenvalue weighted by atomic mass is 9.69. The number of esters is 1. The maximum Gasteiger partial charge on any atom is 0.330 e. The normalized spacial score (nSPS) is 26.9. The molecule has 3 aliphatic heterocycles. The molecule has 3 heterocycles. The van der Waals surface area contributed by atoms with Crippen molar-refractivity contribution in [3.8, 4) is 0 Å². The van der Waals surface area contributed by atoms with E-state index in [0.29, 0.717) is 0 Å². The van der Waals surface area contributed by atoms with Crippen LogP contribution in [0.25, 0.3) is 6.08 Å². The van der Waals surface area contributed by atoms with Crippen LogP contribution in [-0.4, -0.2) is 96.9 Å². The highest BCUT2D eigenvalue weighted by molar-refractivity contribution is 6.27. The maximum atomic E-state index is 14.3. The van der Waals surface area contributed by atoms with Gasteiger partial charge in [-0.2, -0.15) is 0 Å². The number of hydrogen-bond donors (Lipinski definition) is 0. The molecule has 5 aliphatic rings. The predicted molar refractivity (Wildman–Crippen MR) is 159 cm³/mol. The zero-order chi connectivity index (χ0) is 32.3. The Morgan fingerprint density at radius 1 is 0.844 bits per heavy atom. The van der Waals surface area contributed by atoms with Crippen molar-refractivity contribution >= 4 is 41.1 Å². The second kappa shape index (κ2) is 11.2. The standard InChI is InChI=1S/C34H32N2O9/c1-16-28(38)19-13-21-27-26-20(29(39)17(2)33(44-5)31(26)41)14-22(35(27)3)34(42)36(21)23(25(19)30(40)32(16)43-4)15-45-24(37)12-11-18-9-7-6-8-10-18/h6-12,21-23,27H,13-15H2,1-5H3/b12-11+/t21-,22-,23-,27-/m0/s1. The van der Waals surface area contributed by atoms with Gasteiger partial charge in [-0.25, -0.2) is 4.79 Å². The van der Waals surface area contributed by atoms with Gasteiger partial charge in [0.05, 0.1) is 38.4 Å². The number of ether oxygens (including phenoxy) is 3. The number of fused-ring (bicyclic) bond motifs is 5. The minimum Gasteiger partial charge on any atom is -0.492 e. The zero-order valence-corrected chi connectivity index (χ0v) is 25.5. The third-order valence-electron chi connectivity index (χ3n) is 9.43. The first kappa shape index (κ1) is 30.1. The van der Waals surface area contributed by atoms with E-state index in [1.807, 2.05) is 30.3 Å². The van der Waals surface area contributed by atoms with Gasteiger partial charge in [0.2, 0.25) is 17.5 Å². The van der Waals surface area contributed by atoms with E-state index in [1.165, 1.54) is 39.0 Å². The van der Waals surface area contributed by atoms with Crippen molar-refractivity contribution in [1.82, 2.24) is 9.80 Å². The van der Waals surface area contributed by atoms with Gasteiger partial charge < -0.3 is 19.1 Å². The van der Waals surface area contributed by atoms with Crippen LogP contribution >= 0.6 is 0 Å². The summed E-state index contributed by atoms with van der Waals surface area (Å²) in [5, 5.41) is 0. The summed E-state index contributed by atoms with van der Waals surface area (Å²) in [7, 11) is 4.32. The Morgan fingerprint density at radius 2 is 1.42 bits per heavy atom. The number of rotatable bonds is 6. The van der Waals surface area contributed by atoms with Crippen LogP contribution in [0.15, 0.2) is 81.4 Å². The number of ketones is 4. The molecule has 1 amide bonds. The summed E-state index contributed by atoms with van der Waals surface area (Å²) in [6.07, 6.45) is 2.75. The number of carbonyl (C=O) groups excluding carboxylic acids is 6. The van der Waals surface area contributed by atoms with E-state index in [0.717, 1.165) is 5.56 Å². The Bertz CT molecular complexity index is 1740. The SMILES string of the molecule is COC1=C(C)C(=O)C2=C(C1=O)[C@@H]1[C@@H]3CC4=C(C(=O)C(OC)=C(C)C4=O)[C@H](COC(=O)/C=C/c4ccccc4)N3C(=O)[C@H](C2)N1C. The number of methoxy groups -OCH3 is 2. The highest BCUT2D eigenvalue weighted by Gasteiger charge is 2.59. The Hall–Kier alpha value is -4.90. The second-order valence-corrected chi connectivity index (χ2v) is 11.7. The van der Waals surface area contributed by atoms with Crippen molar-refractivity contribution in [3.63, 3.8) is 0 Å². The first-order valence-electron chi connectivity index (χ1n) is 14.6. The smallest absolute Gasteiger partial charge is 0.330 e. The Balaban J connectivity index is 1.43. The molecule has 1 aromatic carbocycles. The lowest BCUT2D eigenvalue weighted by Crippen LogP contribution is -2.73. The van der Waals surface area contributed by atoms with Crippen molar-refractivity contribution in [2.75, 3.05) is 27.9 Å². The summed E-state index contributed by atoms with van der Waals surface area (Å²) < 4.78 is 16.3. The highest BCUT2D eigenvalue weighted by atomic mass is 16.5. The van der Waals surface area contributed by atoms with Gasteiger partial charge >= 0.3 is 5.97 Å². The molecule has 0 aromatic heterocycles. The summed E-state index contributed by atoms with van der Waals surface area (Å²) in [5.74, 6) is -3.11. The van der Waals surface area contributed by atoms with Crippen molar-refractivity contribution in [2.45, 2.75) is 50.9 Å². The molecular weight excluding hydrogens is 580 g/mol. The van der Waals surface area contributed by atoms with Crippen molar-refractivity contribution < 1.29 is 43.0 Å². The fourth-order valence-electron chi connectivity index (χ4n) is 7.32. The maximum absolute atomic E-state index is 14.3. The van der Waals surface area contributed by atoms with Crippen LogP contribution in [0.5, 0.6) is 0 Å². The van der Waals surface area contributed by atoms with Crippen LogP contribution in [0, 0.1) is 0 Å². The Morgan fingerprint density at radius 3 is 2.02 bits per heavy atom. The highest BCUT2D eigenvalue weighted by Crippen LogP contribution is 2.47. The third kappa shape index (κ3) is 4.52. The molecule has 0 unspecified atom stereocenters. The number of benzene rings is 1. The van der Waals surface area contributed by atoms with E-state index in [-0.39, 0.29) is 63.6 Å². The minimum atomic E-state index is -1.13. The largest absolute Gasteiger partial charge is 0.492 e. The summed E-state index contributed by atoms with van der Waals surface area (Å²) in [4.78, 5) is 85.2. The van der Waals surface area contributed by atoms with Crippen LogP contribution in [0.2, 0.25) is 0 Å². The Kier molecular flexibility index (Phi) is 7.52. The predicted octanol–water partition coefficient (Wildman–Crippen LogP) is 2.04. The van der Waals surface area contributed by atoms with Gasteiger partial charge in [-0.15, -0.1) is 0 Å². The molecule has 0 radical (unpaired) electrons. The number of piperazine rings is 1. The zero-order valence-electron chi connectivity index (χ0n) is 25.5. The van der Waals surface area contributed by atoms with Crippen LogP contribution in [0.1, 0.15) is 32.3 Å². The summed E-state index contributed by atoms with van der Waals surface area (Å²) in [6, 6.07) is 5.55. The summed E-state index contributed by atoms with van der Waals surface area (Å²) in [5.41, 5.74) is 1.75. The van der Waals surface area contributed by atoms with Crippen LogP contribution in [-0.2, 0) is 43.0 Å². The van der Waals surface area contributed by atoms with Crippen LogP contribution in [0.4, 0.5) is 0 Å². The molecule has 1 saturated heterocycles. The molecule has 232 valence electrons. The van der Waals surface area contributed by atoms with Crippen molar-refractivity contribution in [1.29, 1.82) is 0 Å². The number of likely N-dealkylation sites (N-methyl/N-ethyl adjacent to an activating group) is 1. The number of nitrogens with zero attached hydrogens (tertiary/aromatic N) is 2. The lowest BCUT2D eigenvalue weighted by Gasteiger charge is -2.57. The first-order valence-corrected chi connectivity index (χ1v) is 14.6. The molecule has 6 rings (SSSR count). The molecule has 1 aromatic rings.